The highest BCUT2D eigenvalue weighted by atomic mass is 32.2. The minimum absolute atomic E-state index is 0.123. The number of likely N-dealkylation sites (tertiary alicyclic amines) is 1. The van der Waals surface area contributed by atoms with Crippen LogP contribution in [-0.4, -0.2) is 57.0 Å². The number of benzene rings is 1. The van der Waals surface area contributed by atoms with Gasteiger partial charge in [-0.2, -0.15) is 0 Å². The van der Waals surface area contributed by atoms with Crippen LogP contribution >= 0.6 is 0 Å². The summed E-state index contributed by atoms with van der Waals surface area (Å²) in [5.74, 6) is -0.751. The molecule has 2 amide bonds. The minimum atomic E-state index is -1.62. The first-order chi connectivity index (χ1) is 16.4. The molecule has 0 bridgehead atoms. The zero-order valence-corrected chi connectivity index (χ0v) is 21.3. The van der Waals surface area contributed by atoms with Crippen molar-refractivity contribution in [1.82, 2.24) is 14.2 Å². The number of halogens is 1. The molecule has 2 aliphatic heterocycles. The molecule has 0 saturated carbocycles. The monoisotopic (exact) mass is 506 g/mol. The van der Waals surface area contributed by atoms with Crippen LogP contribution < -0.4 is 14.8 Å². The second-order valence-electron chi connectivity index (χ2n) is 9.98. The maximum Gasteiger partial charge on any atom is 0.410 e. The van der Waals surface area contributed by atoms with Gasteiger partial charge in [-0.25, -0.2) is 18.1 Å². The van der Waals surface area contributed by atoms with Crippen molar-refractivity contribution in [2.45, 2.75) is 50.7 Å². The summed E-state index contributed by atoms with van der Waals surface area (Å²) in [4.78, 5) is 27.7. The summed E-state index contributed by atoms with van der Waals surface area (Å²) < 4.78 is 43.1. The molecule has 2 aliphatic rings. The van der Waals surface area contributed by atoms with Crippen molar-refractivity contribution in [1.29, 1.82) is 0 Å². The lowest BCUT2D eigenvalue weighted by atomic mass is 9.94. The van der Waals surface area contributed by atoms with E-state index in [0.717, 1.165) is 0 Å². The zero-order chi connectivity index (χ0) is 25.5. The van der Waals surface area contributed by atoms with Crippen LogP contribution in [0.25, 0.3) is 0 Å². The molecule has 1 fully saturated rings. The maximum absolute atomic E-state index is 13.6. The standard InChI is InChI=1S/C24H31FN4O5S/c1-14-10-16(6-7-17(14)25)26-22(30)20-21-19(12-28(20)5)35(32)27-18-8-9-29(11-15(18)13-33-21)23(31)34-24(2,3)4/h6-7,10,12,15,18,27H,8-9,11,13H2,1-5H3,(H,26,30). The molecule has 2 aromatic rings. The minimum Gasteiger partial charge on any atom is -0.489 e. The van der Waals surface area contributed by atoms with Crippen molar-refractivity contribution in [3.05, 3.63) is 41.5 Å². The number of carbonyl (C=O) groups excluding carboxylic acids is 2. The Bertz CT molecular complexity index is 1180. The largest absolute Gasteiger partial charge is 0.489 e. The number of aryl methyl sites for hydroxylation is 2. The first-order valence-corrected chi connectivity index (χ1v) is 12.6. The average molecular weight is 507 g/mol. The number of piperidine rings is 1. The number of hydrogen-bond donors (Lipinski definition) is 2. The predicted octanol–water partition coefficient (Wildman–Crippen LogP) is 3.36. The van der Waals surface area contributed by atoms with Crippen molar-refractivity contribution in [2.75, 3.05) is 25.0 Å². The third-order valence-corrected chi connectivity index (χ3v) is 7.23. The Morgan fingerprint density at radius 1 is 1.31 bits per heavy atom. The number of rotatable bonds is 2. The molecule has 1 aromatic heterocycles. The molecule has 35 heavy (non-hydrogen) atoms. The molecule has 4 rings (SSSR count). The van der Waals surface area contributed by atoms with Gasteiger partial charge in [0.1, 0.15) is 27.3 Å². The molecule has 3 heterocycles. The summed E-state index contributed by atoms with van der Waals surface area (Å²) in [6, 6.07) is 4.18. The lowest BCUT2D eigenvalue weighted by Crippen LogP contribution is -2.54. The zero-order valence-electron chi connectivity index (χ0n) is 20.5. The van der Waals surface area contributed by atoms with Crippen LogP contribution in [-0.2, 0) is 22.8 Å². The predicted molar refractivity (Wildman–Crippen MR) is 129 cm³/mol. The van der Waals surface area contributed by atoms with E-state index >= 15 is 0 Å². The lowest BCUT2D eigenvalue weighted by molar-refractivity contribution is 0.0105. The van der Waals surface area contributed by atoms with E-state index in [-0.39, 0.29) is 35.8 Å². The number of nitrogens with one attached hydrogen (secondary N) is 2. The van der Waals surface area contributed by atoms with E-state index < -0.39 is 28.6 Å². The SMILES string of the molecule is Cc1cc(NC(=O)c2c3c(cn2C)S(=O)NC2CCN(C(=O)OC(C)(C)C)CC2CO3)ccc1F. The van der Waals surface area contributed by atoms with Gasteiger partial charge in [0, 0.05) is 44.0 Å². The first kappa shape index (κ1) is 25.2. The molecule has 0 aliphatic carbocycles. The molecule has 0 spiro atoms. The number of nitrogens with zero attached hydrogens (tertiary/aromatic N) is 2. The Balaban J connectivity index is 1.54. The van der Waals surface area contributed by atoms with Crippen LogP contribution in [0, 0.1) is 18.7 Å². The molecule has 9 nitrogen and oxygen atoms in total. The van der Waals surface area contributed by atoms with Crippen LogP contribution in [0.4, 0.5) is 14.9 Å². The van der Waals surface area contributed by atoms with Crippen molar-refractivity contribution >= 4 is 28.7 Å². The van der Waals surface area contributed by atoms with E-state index in [1.54, 1.807) is 35.7 Å². The molecule has 2 N–H and O–H groups in total. The van der Waals surface area contributed by atoms with Gasteiger partial charge in [0.2, 0.25) is 0 Å². The summed E-state index contributed by atoms with van der Waals surface area (Å²) in [6.45, 7) is 8.15. The van der Waals surface area contributed by atoms with Gasteiger partial charge in [0.25, 0.3) is 5.91 Å². The van der Waals surface area contributed by atoms with Crippen molar-refractivity contribution in [3.8, 4) is 5.75 Å². The lowest BCUT2D eigenvalue weighted by Gasteiger charge is -2.39. The van der Waals surface area contributed by atoms with E-state index in [1.165, 1.54) is 12.1 Å². The van der Waals surface area contributed by atoms with Gasteiger partial charge >= 0.3 is 6.09 Å². The molecular weight excluding hydrogens is 475 g/mol. The van der Waals surface area contributed by atoms with Gasteiger partial charge in [-0.1, -0.05) is 0 Å². The molecule has 1 saturated heterocycles. The number of fused-ring (bicyclic) bond motifs is 2. The van der Waals surface area contributed by atoms with E-state index in [0.29, 0.717) is 35.7 Å². The van der Waals surface area contributed by atoms with Gasteiger partial charge in [0.05, 0.1) is 6.61 Å². The van der Waals surface area contributed by atoms with Gasteiger partial charge in [-0.05, 0) is 57.9 Å². The fraction of sp³-hybridized carbons (Fsp3) is 0.500. The Hall–Kier alpha value is -2.92. The first-order valence-electron chi connectivity index (χ1n) is 11.5. The Morgan fingerprint density at radius 2 is 2.06 bits per heavy atom. The van der Waals surface area contributed by atoms with Crippen LogP contribution in [0.15, 0.2) is 29.3 Å². The second-order valence-corrected chi connectivity index (χ2v) is 11.2. The molecule has 11 heteroatoms. The van der Waals surface area contributed by atoms with Crippen molar-refractivity contribution in [3.63, 3.8) is 0 Å². The number of aromatic nitrogens is 1. The molecule has 190 valence electrons. The third-order valence-electron chi connectivity index (χ3n) is 6.02. The van der Waals surface area contributed by atoms with E-state index in [2.05, 4.69) is 10.0 Å². The molecule has 3 atom stereocenters. The number of carbonyl (C=O) groups is 2. The fourth-order valence-electron chi connectivity index (χ4n) is 4.26. The summed E-state index contributed by atoms with van der Waals surface area (Å²) in [5, 5.41) is 2.76. The van der Waals surface area contributed by atoms with Crippen LogP contribution in [0.3, 0.4) is 0 Å². The van der Waals surface area contributed by atoms with Crippen LogP contribution in [0.5, 0.6) is 5.75 Å². The van der Waals surface area contributed by atoms with Gasteiger partial charge in [-0.3, -0.25) is 4.79 Å². The summed E-state index contributed by atoms with van der Waals surface area (Å²) in [5.41, 5.74) is 0.448. The fourth-order valence-corrected chi connectivity index (χ4v) is 5.55. The Morgan fingerprint density at radius 3 is 2.74 bits per heavy atom. The maximum atomic E-state index is 13.6. The molecule has 3 unspecified atom stereocenters. The van der Waals surface area contributed by atoms with Gasteiger partial charge in [0.15, 0.2) is 11.4 Å². The topological polar surface area (TPSA) is 102 Å². The number of ether oxygens (including phenoxy) is 2. The van der Waals surface area contributed by atoms with Gasteiger partial charge < -0.3 is 24.3 Å². The van der Waals surface area contributed by atoms with Gasteiger partial charge in [-0.15, -0.1) is 0 Å². The van der Waals surface area contributed by atoms with Crippen LogP contribution in [0.1, 0.15) is 43.2 Å². The van der Waals surface area contributed by atoms with Crippen molar-refractivity contribution in [2.24, 2.45) is 13.0 Å². The normalized spacial score (nSPS) is 22.2. The van der Waals surface area contributed by atoms with E-state index in [1.807, 2.05) is 20.8 Å². The number of amides is 2. The third kappa shape index (κ3) is 5.51. The highest BCUT2D eigenvalue weighted by Gasteiger charge is 2.38. The van der Waals surface area contributed by atoms with E-state index in [9.17, 15) is 18.2 Å². The highest BCUT2D eigenvalue weighted by molar-refractivity contribution is 7.83. The number of anilines is 1. The summed E-state index contributed by atoms with van der Waals surface area (Å²) >= 11 is 0. The van der Waals surface area contributed by atoms with Crippen LogP contribution in [0.2, 0.25) is 0 Å². The Labute approximate surface area is 206 Å². The van der Waals surface area contributed by atoms with E-state index in [4.69, 9.17) is 9.47 Å². The Kier molecular flexibility index (Phi) is 6.92. The molecule has 1 aromatic carbocycles. The quantitative estimate of drug-likeness (QED) is 0.651. The molecule has 0 radical (unpaired) electrons. The van der Waals surface area contributed by atoms with Crippen molar-refractivity contribution < 1.29 is 27.7 Å². The highest BCUT2D eigenvalue weighted by Crippen LogP contribution is 2.33. The second kappa shape index (κ2) is 9.62. The molecular formula is C24H31FN4O5S. The smallest absolute Gasteiger partial charge is 0.410 e. The summed E-state index contributed by atoms with van der Waals surface area (Å²) in [6.07, 6.45) is 1.81. The number of hydrogen-bond acceptors (Lipinski definition) is 5. The average Bonchev–Trinajstić information content (AvgIpc) is 3.09. The summed E-state index contributed by atoms with van der Waals surface area (Å²) in [7, 11) is 0.0551.